The minimum atomic E-state index is -1.12. The molecule has 0 rings (SSSR count). The van der Waals surface area contributed by atoms with Gasteiger partial charge in [0.1, 0.15) is 5.75 Å². The van der Waals surface area contributed by atoms with Gasteiger partial charge in [0.05, 0.1) is 0 Å². The number of rotatable bonds is 7. The molecule has 0 aromatic carbocycles. The summed E-state index contributed by atoms with van der Waals surface area (Å²) in [6.07, 6.45) is 0.498. The second kappa shape index (κ2) is 7.94. The van der Waals surface area contributed by atoms with Gasteiger partial charge in [0.25, 0.3) is 0 Å². The summed E-state index contributed by atoms with van der Waals surface area (Å²) in [4.78, 5) is 13.1. The van der Waals surface area contributed by atoms with E-state index in [1.807, 2.05) is 13.8 Å². The normalized spacial score (nSPS) is 12.5. The Hall–Kier alpha value is -0.420. The zero-order valence-electron chi connectivity index (χ0n) is 8.86. The molecule has 0 aliphatic rings. The number of hydrogen-bond donors (Lipinski definition) is 1. The summed E-state index contributed by atoms with van der Waals surface area (Å²) >= 11 is 0. The van der Waals surface area contributed by atoms with Crippen molar-refractivity contribution in [2.45, 2.75) is 20.3 Å². The maximum Gasteiger partial charge on any atom is 0.235 e. The van der Waals surface area contributed by atoms with Crippen LogP contribution in [-0.2, 0) is 15.6 Å². The lowest BCUT2D eigenvalue weighted by Crippen LogP contribution is -2.34. The zero-order valence-corrected chi connectivity index (χ0v) is 9.68. The minimum Gasteiger partial charge on any atom is -0.396 e. The third-order valence-electron chi connectivity index (χ3n) is 1.93. The zero-order chi connectivity index (χ0) is 11.0. The van der Waals surface area contributed by atoms with Crippen LogP contribution in [0.4, 0.5) is 0 Å². The molecule has 1 amide bonds. The van der Waals surface area contributed by atoms with Gasteiger partial charge in [0.15, 0.2) is 0 Å². The van der Waals surface area contributed by atoms with Crippen LogP contribution in [0.3, 0.4) is 0 Å². The van der Waals surface area contributed by atoms with Crippen LogP contribution >= 0.6 is 0 Å². The van der Waals surface area contributed by atoms with E-state index in [0.717, 1.165) is 0 Å². The Labute approximate surface area is 87.7 Å². The highest BCUT2D eigenvalue weighted by molar-refractivity contribution is 7.85. The van der Waals surface area contributed by atoms with Gasteiger partial charge < -0.3 is 10.0 Å². The lowest BCUT2D eigenvalue weighted by molar-refractivity contribution is -0.128. The van der Waals surface area contributed by atoms with Crippen LogP contribution in [0.5, 0.6) is 0 Å². The van der Waals surface area contributed by atoms with E-state index in [1.165, 1.54) is 0 Å². The van der Waals surface area contributed by atoms with E-state index in [2.05, 4.69) is 0 Å². The van der Waals surface area contributed by atoms with Gasteiger partial charge in [-0.15, -0.1) is 0 Å². The average molecular weight is 221 g/mol. The molecule has 0 saturated heterocycles. The molecule has 0 fully saturated rings. The van der Waals surface area contributed by atoms with Crippen molar-refractivity contribution in [2.24, 2.45) is 0 Å². The highest BCUT2D eigenvalue weighted by Gasteiger charge is 2.12. The van der Waals surface area contributed by atoms with E-state index in [1.54, 1.807) is 4.90 Å². The van der Waals surface area contributed by atoms with Crippen molar-refractivity contribution in [3.63, 3.8) is 0 Å². The fourth-order valence-corrected chi connectivity index (χ4v) is 2.16. The van der Waals surface area contributed by atoms with E-state index >= 15 is 0 Å². The van der Waals surface area contributed by atoms with E-state index in [9.17, 15) is 9.00 Å². The van der Waals surface area contributed by atoms with Crippen LogP contribution in [0, 0.1) is 0 Å². The molecule has 0 heterocycles. The van der Waals surface area contributed by atoms with Gasteiger partial charge in [-0.1, -0.05) is 0 Å². The standard InChI is InChI=1S/C9H19NO3S/c1-3-10(4-2)9(12)8-14(13)7-5-6-11/h11H,3-8H2,1-2H3. The first-order valence-corrected chi connectivity index (χ1v) is 6.38. The van der Waals surface area contributed by atoms with Crippen molar-refractivity contribution in [1.29, 1.82) is 0 Å². The van der Waals surface area contributed by atoms with E-state index < -0.39 is 10.8 Å². The third kappa shape index (κ3) is 5.34. The molecule has 1 unspecified atom stereocenters. The molecule has 0 aromatic heterocycles. The lowest BCUT2D eigenvalue weighted by atomic mass is 10.5. The van der Waals surface area contributed by atoms with Gasteiger partial charge in [0, 0.05) is 36.2 Å². The molecular formula is C9H19NO3S. The molecule has 0 aliphatic heterocycles. The second-order valence-corrected chi connectivity index (χ2v) is 4.51. The topological polar surface area (TPSA) is 57.6 Å². The summed E-state index contributed by atoms with van der Waals surface area (Å²) in [6.45, 7) is 5.15. The largest absolute Gasteiger partial charge is 0.396 e. The van der Waals surface area contributed by atoms with Gasteiger partial charge in [0.2, 0.25) is 5.91 Å². The highest BCUT2D eigenvalue weighted by Crippen LogP contribution is 1.94. The first kappa shape index (κ1) is 13.6. The maximum absolute atomic E-state index is 11.4. The molecule has 84 valence electrons. The monoisotopic (exact) mass is 221 g/mol. The summed E-state index contributed by atoms with van der Waals surface area (Å²) in [6, 6.07) is 0. The lowest BCUT2D eigenvalue weighted by Gasteiger charge is -2.17. The Balaban J connectivity index is 3.86. The van der Waals surface area contributed by atoms with Crippen LogP contribution in [0.2, 0.25) is 0 Å². The van der Waals surface area contributed by atoms with Crippen LogP contribution in [0.25, 0.3) is 0 Å². The predicted molar refractivity (Wildman–Crippen MR) is 57.5 cm³/mol. The molecule has 4 nitrogen and oxygen atoms in total. The molecule has 0 spiro atoms. The van der Waals surface area contributed by atoms with Crippen LogP contribution in [0.1, 0.15) is 20.3 Å². The van der Waals surface area contributed by atoms with Crippen LogP contribution in [0.15, 0.2) is 0 Å². The van der Waals surface area contributed by atoms with Crippen LogP contribution in [-0.4, -0.2) is 51.3 Å². The molecular weight excluding hydrogens is 202 g/mol. The number of amides is 1. The molecule has 14 heavy (non-hydrogen) atoms. The number of aliphatic hydroxyl groups excluding tert-OH is 1. The second-order valence-electron chi connectivity index (χ2n) is 2.93. The maximum atomic E-state index is 11.4. The quantitative estimate of drug-likeness (QED) is 0.657. The molecule has 0 aliphatic carbocycles. The number of carbonyl (C=O) groups is 1. The summed E-state index contributed by atoms with van der Waals surface area (Å²) in [5.74, 6) is 0.428. The fraction of sp³-hybridized carbons (Fsp3) is 0.889. The van der Waals surface area contributed by atoms with Crippen molar-refractivity contribution in [2.75, 3.05) is 31.2 Å². The van der Waals surface area contributed by atoms with Gasteiger partial charge in [-0.25, -0.2) is 0 Å². The summed E-state index contributed by atoms with van der Waals surface area (Å²) in [7, 11) is -1.12. The number of hydrogen-bond acceptors (Lipinski definition) is 3. The molecule has 0 bridgehead atoms. The first-order chi connectivity index (χ1) is 6.65. The van der Waals surface area contributed by atoms with E-state index in [0.29, 0.717) is 25.3 Å². The van der Waals surface area contributed by atoms with Crippen molar-refractivity contribution < 1.29 is 14.1 Å². The van der Waals surface area contributed by atoms with Gasteiger partial charge in [-0.2, -0.15) is 0 Å². The molecule has 1 N–H and O–H groups in total. The van der Waals surface area contributed by atoms with Crippen LogP contribution < -0.4 is 0 Å². The number of aliphatic hydroxyl groups is 1. The highest BCUT2D eigenvalue weighted by atomic mass is 32.2. The number of nitrogens with zero attached hydrogens (tertiary/aromatic N) is 1. The first-order valence-electron chi connectivity index (χ1n) is 4.89. The Kier molecular flexibility index (Phi) is 7.70. The van der Waals surface area contributed by atoms with Crippen molar-refractivity contribution >= 4 is 16.7 Å². The Bertz CT molecular complexity index is 192. The van der Waals surface area contributed by atoms with Gasteiger partial charge >= 0.3 is 0 Å². The van der Waals surface area contributed by atoms with Gasteiger partial charge in [-0.3, -0.25) is 9.00 Å². The molecule has 0 radical (unpaired) electrons. The summed E-state index contributed by atoms with van der Waals surface area (Å²) in [5, 5.41) is 8.52. The molecule has 0 saturated carbocycles. The Morgan fingerprint density at radius 1 is 1.36 bits per heavy atom. The Morgan fingerprint density at radius 3 is 2.36 bits per heavy atom. The molecule has 1 atom stereocenters. The van der Waals surface area contributed by atoms with Crippen molar-refractivity contribution in [1.82, 2.24) is 4.90 Å². The van der Waals surface area contributed by atoms with E-state index in [-0.39, 0.29) is 18.3 Å². The molecule has 5 heteroatoms. The third-order valence-corrected chi connectivity index (χ3v) is 3.24. The number of carbonyl (C=O) groups excluding carboxylic acids is 1. The summed E-state index contributed by atoms with van der Waals surface area (Å²) < 4.78 is 11.3. The SMILES string of the molecule is CCN(CC)C(=O)CS(=O)CCCO. The predicted octanol–water partition coefficient (Wildman–Crippen LogP) is -0.0141. The Morgan fingerprint density at radius 2 is 1.93 bits per heavy atom. The minimum absolute atomic E-state index is 0.0329. The van der Waals surface area contributed by atoms with Crippen molar-refractivity contribution in [3.8, 4) is 0 Å². The van der Waals surface area contributed by atoms with Gasteiger partial charge in [-0.05, 0) is 20.3 Å². The average Bonchev–Trinajstić information content (AvgIpc) is 2.16. The fourth-order valence-electron chi connectivity index (χ4n) is 1.10. The summed E-state index contributed by atoms with van der Waals surface area (Å²) in [5.41, 5.74) is 0. The van der Waals surface area contributed by atoms with E-state index in [4.69, 9.17) is 5.11 Å². The smallest absolute Gasteiger partial charge is 0.235 e. The molecule has 0 aromatic rings. The van der Waals surface area contributed by atoms with Crippen molar-refractivity contribution in [3.05, 3.63) is 0 Å².